The average Bonchev–Trinajstić information content (AvgIpc) is 3.08. The van der Waals surface area contributed by atoms with Crippen LogP contribution in [0.5, 0.6) is 5.88 Å². The lowest BCUT2D eigenvalue weighted by Gasteiger charge is -2.18. The SMILES string of the molecule is COCCOC(C)c1c(NC(=O)Nc2cnc(OC)c(Cl)c2)cnc2cc(Cl)nn12. The predicted octanol–water partition coefficient (Wildman–Crippen LogP) is 3.81. The number of rotatable bonds is 8. The molecule has 1 atom stereocenters. The van der Waals surface area contributed by atoms with Crippen LogP contribution in [-0.2, 0) is 9.47 Å². The van der Waals surface area contributed by atoms with Crippen LogP contribution in [0.1, 0.15) is 18.7 Å². The third-order valence-electron chi connectivity index (χ3n) is 4.04. The van der Waals surface area contributed by atoms with Crippen LogP contribution in [0.2, 0.25) is 10.2 Å². The number of ether oxygens (including phenoxy) is 3. The Morgan fingerprint density at radius 1 is 1.17 bits per heavy atom. The van der Waals surface area contributed by atoms with E-state index in [0.29, 0.717) is 35.9 Å². The maximum Gasteiger partial charge on any atom is 0.323 e. The zero-order chi connectivity index (χ0) is 21.7. The third kappa shape index (κ3) is 5.08. The number of hydrogen-bond donors (Lipinski definition) is 2. The summed E-state index contributed by atoms with van der Waals surface area (Å²) in [6.45, 7) is 2.61. The Bertz CT molecular complexity index is 1040. The van der Waals surface area contributed by atoms with Gasteiger partial charge in [0.2, 0.25) is 5.88 Å². The molecule has 160 valence electrons. The van der Waals surface area contributed by atoms with E-state index >= 15 is 0 Å². The van der Waals surface area contributed by atoms with E-state index in [1.54, 1.807) is 13.2 Å². The highest BCUT2D eigenvalue weighted by atomic mass is 35.5. The second kappa shape index (κ2) is 9.90. The van der Waals surface area contributed by atoms with E-state index in [4.69, 9.17) is 37.4 Å². The third-order valence-corrected chi connectivity index (χ3v) is 4.49. The monoisotopic (exact) mass is 454 g/mol. The van der Waals surface area contributed by atoms with Gasteiger partial charge in [-0.1, -0.05) is 23.2 Å². The molecule has 30 heavy (non-hydrogen) atoms. The molecular weight excluding hydrogens is 435 g/mol. The molecule has 0 bridgehead atoms. The number of anilines is 2. The molecule has 3 rings (SSSR count). The summed E-state index contributed by atoms with van der Waals surface area (Å²) in [6, 6.07) is 2.61. The lowest BCUT2D eigenvalue weighted by molar-refractivity contribution is 0.0230. The van der Waals surface area contributed by atoms with Crippen molar-refractivity contribution in [3.05, 3.63) is 40.4 Å². The summed E-state index contributed by atoms with van der Waals surface area (Å²) in [6.07, 6.45) is 2.50. The summed E-state index contributed by atoms with van der Waals surface area (Å²) in [7, 11) is 3.04. The summed E-state index contributed by atoms with van der Waals surface area (Å²) in [4.78, 5) is 20.9. The fourth-order valence-electron chi connectivity index (χ4n) is 2.73. The quantitative estimate of drug-likeness (QED) is 0.497. The first kappa shape index (κ1) is 22.0. The van der Waals surface area contributed by atoms with Gasteiger partial charge in [-0.3, -0.25) is 0 Å². The molecule has 2 N–H and O–H groups in total. The van der Waals surface area contributed by atoms with Crippen LogP contribution in [-0.4, -0.2) is 53.0 Å². The van der Waals surface area contributed by atoms with E-state index in [-0.39, 0.29) is 16.1 Å². The minimum atomic E-state index is -0.525. The summed E-state index contributed by atoms with van der Waals surface area (Å²) in [5.41, 5.74) is 1.89. The van der Waals surface area contributed by atoms with E-state index in [2.05, 4.69) is 25.7 Å². The standard InChI is InChI=1S/C18H20Cl2N6O4/c1-10(30-5-4-28-2)16-13(9-21-15-7-14(20)25-26(15)16)24-18(27)23-11-6-12(19)17(29-3)22-8-11/h6-10H,4-5H2,1-3H3,(H2,23,24,27). The Morgan fingerprint density at radius 3 is 2.67 bits per heavy atom. The van der Waals surface area contributed by atoms with Crippen LogP contribution in [0.3, 0.4) is 0 Å². The number of carbonyl (C=O) groups is 1. The van der Waals surface area contributed by atoms with Gasteiger partial charge in [-0.25, -0.2) is 19.3 Å². The first-order valence-corrected chi connectivity index (χ1v) is 9.60. The van der Waals surface area contributed by atoms with Gasteiger partial charge in [-0.05, 0) is 13.0 Å². The Balaban J connectivity index is 1.84. The van der Waals surface area contributed by atoms with Gasteiger partial charge in [0.25, 0.3) is 0 Å². The summed E-state index contributed by atoms with van der Waals surface area (Å²) in [5.74, 6) is 0.261. The van der Waals surface area contributed by atoms with E-state index in [1.807, 2.05) is 6.92 Å². The summed E-state index contributed by atoms with van der Waals surface area (Å²) < 4.78 is 17.4. The van der Waals surface area contributed by atoms with Crippen molar-refractivity contribution in [2.24, 2.45) is 0 Å². The Morgan fingerprint density at radius 2 is 1.97 bits per heavy atom. The van der Waals surface area contributed by atoms with Crippen LogP contribution in [0.25, 0.3) is 5.65 Å². The molecule has 0 aromatic carbocycles. The molecule has 1 unspecified atom stereocenters. The summed E-state index contributed by atoms with van der Waals surface area (Å²) >= 11 is 12.1. The number of pyridine rings is 1. The normalized spacial score (nSPS) is 12.0. The Labute approximate surface area is 182 Å². The van der Waals surface area contributed by atoms with Crippen LogP contribution in [0, 0.1) is 0 Å². The van der Waals surface area contributed by atoms with Crippen LogP contribution >= 0.6 is 23.2 Å². The lowest BCUT2D eigenvalue weighted by atomic mass is 10.2. The molecule has 10 nitrogen and oxygen atoms in total. The maximum atomic E-state index is 12.6. The highest BCUT2D eigenvalue weighted by Gasteiger charge is 2.20. The van der Waals surface area contributed by atoms with E-state index in [0.717, 1.165) is 0 Å². The highest BCUT2D eigenvalue weighted by Crippen LogP contribution is 2.28. The minimum absolute atomic E-state index is 0.261. The van der Waals surface area contributed by atoms with Gasteiger partial charge in [0.15, 0.2) is 10.8 Å². The van der Waals surface area contributed by atoms with Crippen molar-refractivity contribution < 1.29 is 19.0 Å². The van der Waals surface area contributed by atoms with Crippen LogP contribution < -0.4 is 15.4 Å². The number of nitrogens with zero attached hydrogens (tertiary/aromatic N) is 4. The average molecular weight is 455 g/mol. The molecule has 0 aliphatic rings. The first-order chi connectivity index (χ1) is 14.4. The number of methoxy groups -OCH3 is 2. The lowest BCUT2D eigenvalue weighted by Crippen LogP contribution is -2.22. The minimum Gasteiger partial charge on any atom is -0.480 e. The number of fused-ring (bicyclic) bond motifs is 1. The van der Waals surface area contributed by atoms with Crippen molar-refractivity contribution in [3.63, 3.8) is 0 Å². The molecule has 0 saturated carbocycles. The van der Waals surface area contributed by atoms with Gasteiger partial charge >= 0.3 is 6.03 Å². The zero-order valence-electron chi connectivity index (χ0n) is 16.5. The van der Waals surface area contributed by atoms with Gasteiger partial charge in [0.1, 0.15) is 5.02 Å². The number of aromatic nitrogens is 4. The van der Waals surface area contributed by atoms with Crippen LogP contribution in [0.4, 0.5) is 16.2 Å². The number of carbonyl (C=O) groups excluding carboxylic acids is 1. The molecule has 0 saturated heterocycles. The molecule has 0 fully saturated rings. The van der Waals surface area contributed by atoms with Crippen molar-refractivity contribution in [1.82, 2.24) is 19.6 Å². The summed E-state index contributed by atoms with van der Waals surface area (Å²) in [5, 5.41) is 10.2. The Kier molecular flexibility index (Phi) is 7.27. The van der Waals surface area contributed by atoms with Crippen molar-refractivity contribution in [2.75, 3.05) is 38.1 Å². The van der Waals surface area contributed by atoms with Gasteiger partial charge in [-0.2, -0.15) is 5.10 Å². The number of amides is 2. The number of nitrogens with one attached hydrogen (secondary N) is 2. The second-order valence-corrected chi connectivity index (χ2v) is 6.89. The van der Waals surface area contributed by atoms with E-state index < -0.39 is 12.1 Å². The van der Waals surface area contributed by atoms with Crippen molar-refractivity contribution in [2.45, 2.75) is 13.0 Å². The highest BCUT2D eigenvalue weighted by molar-refractivity contribution is 6.32. The topological polar surface area (TPSA) is 112 Å². The van der Waals surface area contributed by atoms with Crippen LogP contribution in [0.15, 0.2) is 24.5 Å². The molecule has 2 amide bonds. The largest absolute Gasteiger partial charge is 0.480 e. The van der Waals surface area contributed by atoms with Gasteiger partial charge in [0.05, 0.1) is 55.9 Å². The fraction of sp³-hybridized carbons (Fsp3) is 0.333. The molecule has 3 aromatic heterocycles. The predicted molar refractivity (Wildman–Crippen MR) is 113 cm³/mol. The van der Waals surface area contributed by atoms with E-state index in [1.165, 1.54) is 30.1 Å². The van der Waals surface area contributed by atoms with Crippen molar-refractivity contribution >= 4 is 46.3 Å². The smallest absolute Gasteiger partial charge is 0.323 e. The number of hydrogen-bond acceptors (Lipinski definition) is 7. The zero-order valence-corrected chi connectivity index (χ0v) is 18.0. The molecule has 0 spiro atoms. The molecule has 0 aliphatic heterocycles. The number of halogens is 2. The molecule has 3 aromatic rings. The second-order valence-electron chi connectivity index (χ2n) is 6.09. The molecule has 0 aliphatic carbocycles. The van der Waals surface area contributed by atoms with Crippen molar-refractivity contribution in [1.29, 1.82) is 0 Å². The molecule has 12 heteroatoms. The van der Waals surface area contributed by atoms with Gasteiger partial charge in [0, 0.05) is 13.2 Å². The van der Waals surface area contributed by atoms with Gasteiger partial charge in [-0.15, -0.1) is 0 Å². The molecule has 0 radical (unpaired) electrons. The first-order valence-electron chi connectivity index (χ1n) is 8.85. The van der Waals surface area contributed by atoms with Gasteiger partial charge < -0.3 is 24.8 Å². The Hall–Kier alpha value is -2.66. The fourth-order valence-corrected chi connectivity index (χ4v) is 3.14. The number of urea groups is 1. The molecule has 3 heterocycles. The molecular formula is C18H20Cl2N6O4. The van der Waals surface area contributed by atoms with E-state index in [9.17, 15) is 4.79 Å². The van der Waals surface area contributed by atoms with Crippen molar-refractivity contribution in [3.8, 4) is 5.88 Å². The maximum absolute atomic E-state index is 12.6.